The average molecular weight is 241 g/mol. The van der Waals surface area contributed by atoms with Crippen LogP contribution in [-0.4, -0.2) is 44.1 Å². The van der Waals surface area contributed by atoms with Crippen LogP contribution >= 0.6 is 11.5 Å². The molecule has 1 fully saturated rings. The summed E-state index contributed by atoms with van der Waals surface area (Å²) in [4.78, 5) is 24.5. The Bertz CT molecular complexity index is 389. The van der Waals surface area contributed by atoms with E-state index in [2.05, 4.69) is 9.59 Å². The van der Waals surface area contributed by atoms with Crippen LogP contribution in [0.3, 0.4) is 0 Å². The van der Waals surface area contributed by atoms with Crippen LogP contribution in [0.5, 0.6) is 0 Å². The molecule has 1 aliphatic rings. The van der Waals surface area contributed by atoms with Crippen molar-refractivity contribution in [3.8, 4) is 0 Å². The van der Waals surface area contributed by atoms with Crippen LogP contribution in [0, 0.1) is 0 Å². The molecule has 1 aromatic heterocycles. The predicted octanol–water partition coefficient (Wildman–Crippen LogP) is 0.617. The molecule has 1 aliphatic carbocycles. The number of nitrogens with zero attached hydrogens (tertiary/aromatic N) is 3. The number of carboxylic acids is 1. The van der Waals surface area contributed by atoms with Gasteiger partial charge in [-0.1, -0.05) is 4.49 Å². The highest BCUT2D eigenvalue weighted by Gasteiger charge is 2.33. The van der Waals surface area contributed by atoms with Gasteiger partial charge >= 0.3 is 5.97 Å². The number of hydrogen-bond donors (Lipinski definition) is 1. The second-order valence-electron chi connectivity index (χ2n) is 3.66. The van der Waals surface area contributed by atoms with Gasteiger partial charge in [-0.05, 0) is 24.4 Å². The molecule has 1 heterocycles. The van der Waals surface area contributed by atoms with Gasteiger partial charge in [-0.3, -0.25) is 9.59 Å². The Morgan fingerprint density at radius 3 is 2.81 bits per heavy atom. The van der Waals surface area contributed by atoms with Crippen molar-refractivity contribution in [1.82, 2.24) is 14.5 Å². The number of carbonyl (C=O) groups excluding carboxylic acids is 1. The van der Waals surface area contributed by atoms with Gasteiger partial charge in [-0.2, -0.15) is 0 Å². The Morgan fingerprint density at radius 2 is 2.31 bits per heavy atom. The zero-order chi connectivity index (χ0) is 11.5. The normalized spacial score (nSPS) is 14.8. The lowest BCUT2D eigenvalue weighted by Crippen LogP contribution is -2.34. The fourth-order valence-corrected chi connectivity index (χ4v) is 1.93. The summed E-state index contributed by atoms with van der Waals surface area (Å²) in [5.74, 6) is -1.04. The Kier molecular flexibility index (Phi) is 3.14. The van der Waals surface area contributed by atoms with E-state index < -0.39 is 5.97 Å². The first-order chi connectivity index (χ1) is 7.68. The summed E-state index contributed by atoms with van der Waals surface area (Å²) in [6, 6.07) is 0.203. The second kappa shape index (κ2) is 4.56. The van der Waals surface area contributed by atoms with Crippen molar-refractivity contribution in [1.29, 1.82) is 0 Å². The van der Waals surface area contributed by atoms with Crippen LogP contribution in [0.2, 0.25) is 0 Å². The van der Waals surface area contributed by atoms with E-state index in [1.165, 1.54) is 6.20 Å². The van der Waals surface area contributed by atoms with Crippen molar-refractivity contribution in [3.05, 3.63) is 11.1 Å². The minimum atomic E-state index is -0.888. The molecule has 0 saturated heterocycles. The molecule has 0 spiro atoms. The first kappa shape index (κ1) is 11.0. The maximum absolute atomic E-state index is 12.0. The average Bonchev–Trinajstić information content (AvgIpc) is 2.93. The van der Waals surface area contributed by atoms with Gasteiger partial charge in [-0.15, -0.1) is 5.10 Å². The lowest BCUT2D eigenvalue weighted by molar-refractivity contribution is -0.137. The maximum Gasteiger partial charge on any atom is 0.305 e. The number of amides is 1. The molecule has 86 valence electrons. The number of rotatable bonds is 5. The largest absolute Gasteiger partial charge is 0.481 e. The van der Waals surface area contributed by atoms with E-state index in [9.17, 15) is 9.59 Å². The number of carboxylic acid groups (broad SMARTS) is 1. The van der Waals surface area contributed by atoms with Gasteiger partial charge in [0.1, 0.15) is 4.88 Å². The summed E-state index contributed by atoms with van der Waals surface area (Å²) in [6.07, 6.45) is 3.31. The molecule has 1 aromatic rings. The van der Waals surface area contributed by atoms with E-state index in [0.29, 0.717) is 4.88 Å². The molecule has 1 saturated carbocycles. The van der Waals surface area contributed by atoms with Crippen molar-refractivity contribution in [3.63, 3.8) is 0 Å². The zero-order valence-corrected chi connectivity index (χ0v) is 9.31. The Balaban J connectivity index is 2.01. The van der Waals surface area contributed by atoms with Gasteiger partial charge in [0.15, 0.2) is 0 Å². The molecular formula is C9H11N3O3S. The first-order valence-corrected chi connectivity index (χ1v) is 5.76. The Morgan fingerprint density at radius 1 is 1.56 bits per heavy atom. The Hall–Kier alpha value is -1.50. The topological polar surface area (TPSA) is 83.4 Å². The molecule has 7 heteroatoms. The van der Waals surface area contributed by atoms with Crippen molar-refractivity contribution in [2.75, 3.05) is 6.54 Å². The third-order valence-corrected chi connectivity index (χ3v) is 3.04. The summed E-state index contributed by atoms with van der Waals surface area (Å²) in [5.41, 5.74) is 0. The van der Waals surface area contributed by atoms with Gasteiger partial charge in [0.2, 0.25) is 0 Å². The van der Waals surface area contributed by atoms with E-state index in [4.69, 9.17) is 5.11 Å². The minimum Gasteiger partial charge on any atom is -0.481 e. The van der Waals surface area contributed by atoms with Crippen LogP contribution in [-0.2, 0) is 4.79 Å². The molecule has 0 radical (unpaired) electrons. The number of hydrogen-bond acceptors (Lipinski definition) is 5. The summed E-state index contributed by atoms with van der Waals surface area (Å²) in [5, 5.41) is 12.2. The fourth-order valence-electron chi connectivity index (χ4n) is 1.46. The number of aliphatic carboxylic acids is 1. The van der Waals surface area contributed by atoms with Gasteiger partial charge in [0.25, 0.3) is 5.91 Å². The molecule has 16 heavy (non-hydrogen) atoms. The van der Waals surface area contributed by atoms with E-state index in [0.717, 1.165) is 24.4 Å². The van der Waals surface area contributed by atoms with Crippen LogP contribution < -0.4 is 0 Å². The summed E-state index contributed by atoms with van der Waals surface area (Å²) < 4.78 is 3.63. The van der Waals surface area contributed by atoms with Gasteiger partial charge in [0.05, 0.1) is 12.6 Å². The van der Waals surface area contributed by atoms with Crippen molar-refractivity contribution in [2.45, 2.75) is 25.3 Å². The second-order valence-corrected chi connectivity index (χ2v) is 4.44. The van der Waals surface area contributed by atoms with Crippen LogP contribution in [0.15, 0.2) is 6.20 Å². The molecule has 0 bridgehead atoms. The summed E-state index contributed by atoms with van der Waals surface area (Å²) in [6.45, 7) is 0.261. The van der Waals surface area contributed by atoms with Crippen LogP contribution in [0.25, 0.3) is 0 Å². The van der Waals surface area contributed by atoms with Gasteiger partial charge in [-0.25, -0.2) is 0 Å². The molecule has 0 atom stereocenters. The van der Waals surface area contributed by atoms with Crippen LogP contribution in [0.1, 0.15) is 28.9 Å². The monoisotopic (exact) mass is 241 g/mol. The molecule has 1 amide bonds. The van der Waals surface area contributed by atoms with E-state index in [1.54, 1.807) is 4.90 Å². The fraction of sp³-hybridized carbons (Fsp3) is 0.556. The van der Waals surface area contributed by atoms with Crippen molar-refractivity contribution >= 4 is 23.4 Å². The third-order valence-electron chi connectivity index (χ3n) is 2.39. The SMILES string of the molecule is O=C(O)CCN(C(=O)c1cnns1)C1CC1. The standard InChI is InChI=1S/C9H11N3O3S/c13-8(14)3-4-12(6-1-2-6)9(15)7-5-10-11-16-7/h5-6H,1-4H2,(H,13,14). The van der Waals surface area contributed by atoms with Gasteiger partial charge in [0, 0.05) is 12.6 Å². The lowest BCUT2D eigenvalue weighted by atomic mass is 10.3. The molecule has 0 aromatic carbocycles. The molecular weight excluding hydrogens is 230 g/mol. The van der Waals surface area contributed by atoms with E-state index >= 15 is 0 Å². The molecule has 1 N–H and O–H groups in total. The third kappa shape index (κ3) is 2.54. The number of carbonyl (C=O) groups is 2. The highest BCUT2D eigenvalue weighted by Crippen LogP contribution is 2.28. The highest BCUT2D eigenvalue weighted by atomic mass is 32.1. The van der Waals surface area contributed by atoms with Crippen molar-refractivity contribution in [2.24, 2.45) is 0 Å². The van der Waals surface area contributed by atoms with E-state index in [-0.39, 0.29) is 24.9 Å². The first-order valence-electron chi connectivity index (χ1n) is 4.98. The molecule has 2 rings (SSSR count). The molecule has 6 nitrogen and oxygen atoms in total. The van der Waals surface area contributed by atoms with E-state index in [1.807, 2.05) is 0 Å². The number of aromatic nitrogens is 2. The maximum atomic E-state index is 12.0. The highest BCUT2D eigenvalue weighted by molar-refractivity contribution is 7.07. The Labute approximate surface area is 96.0 Å². The smallest absolute Gasteiger partial charge is 0.305 e. The van der Waals surface area contributed by atoms with Crippen molar-refractivity contribution < 1.29 is 14.7 Å². The molecule has 0 unspecified atom stereocenters. The minimum absolute atomic E-state index is 0.0194. The summed E-state index contributed by atoms with van der Waals surface area (Å²) >= 11 is 1.04. The predicted molar refractivity (Wildman–Crippen MR) is 56.2 cm³/mol. The zero-order valence-electron chi connectivity index (χ0n) is 8.50. The quantitative estimate of drug-likeness (QED) is 0.816. The lowest BCUT2D eigenvalue weighted by Gasteiger charge is -2.20. The van der Waals surface area contributed by atoms with Gasteiger partial charge < -0.3 is 10.0 Å². The molecule has 0 aliphatic heterocycles. The van der Waals surface area contributed by atoms with Crippen LogP contribution in [0.4, 0.5) is 0 Å². The summed E-state index contributed by atoms with van der Waals surface area (Å²) in [7, 11) is 0.